The molecule has 1 aromatic carbocycles. The van der Waals surface area contributed by atoms with Gasteiger partial charge in [0.15, 0.2) is 5.41 Å². The third-order valence-electron chi connectivity index (χ3n) is 3.86. The third-order valence-corrected chi connectivity index (χ3v) is 5.13. The number of ether oxygens (including phenoxy) is 1. The summed E-state index contributed by atoms with van der Waals surface area (Å²) in [4.78, 5) is 24.5. The van der Waals surface area contributed by atoms with Crippen molar-refractivity contribution in [3.05, 3.63) is 41.3 Å². The minimum atomic E-state index is -1.67. The van der Waals surface area contributed by atoms with Gasteiger partial charge in [-0.1, -0.05) is 30.3 Å². The Morgan fingerprint density at radius 2 is 1.58 bits per heavy atom. The van der Waals surface area contributed by atoms with Crippen molar-refractivity contribution in [3.8, 4) is 0 Å². The number of aliphatic carboxylic acids is 1. The molecule has 1 unspecified atom stereocenters. The molecular formula is C19H26O4S. The van der Waals surface area contributed by atoms with Gasteiger partial charge in [-0.05, 0) is 58.6 Å². The molecule has 24 heavy (non-hydrogen) atoms. The molecule has 0 aromatic heterocycles. The van der Waals surface area contributed by atoms with Crippen LogP contribution < -0.4 is 0 Å². The molecule has 1 atom stereocenters. The van der Waals surface area contributed by atoms with E-state index in [1.807, 2.05) is 41.8 Å². The van der Waals surface area contributed by atoms with Crippen molar-refractivity contribution in [3.63, 3.8) is 0 Å². The van der Waals surface area contributed by atoms with E-state index in [1.165, 1.54) is 18.7 Å². The number of benzene rings is 1. The van der Waals surface area contributed by atoms with E-state index in [4.69, 9.17) is 4.74 Å². The van der Waals surface area contributed by atoms with Crippen molar-refractivity contribution in [2.75, 3.05) is 0 Å². The van der Waals surface area contributed by atoms with Crippen LogP contribution in [0.4, 0.5) is 0 Å². The molecule has 0 bridgehead atoms. The molecular weight excluding hydrogens is 324 g/mol. The Kier molecular flexibility index (Phi) is 6.28. The van der Waals surface area contributed by atoms with Gasteiger partial charge in [0.05, 0.1) is 0 Å². The van der Waals surface area contributed by atoms with Crippen LogP contribution in [0.5, 0.6) is 0 Å². The smallest absolute Gasteiger partial charge is 0.325 e. The van der Waals surface area contributed by atoms with Crippen molar-refractivity contribution in [2.45, 2.75) is 51.9 Å². The van der Waals surface area contributed by atoms with Crippen LogP contribution in [0.25, 0.3) is 6.08 Å². The first-order valence-electron chi connectivity index (χ1n) is 7.76. The lowest BCUT2D eigenvalue weighted by atomic mass is 9.78. The van der Waals surface area contributed by atoms with Crippen molar-refractivity contribution >= 4 is 29.8 Å². The lowest BCUT2D eigenvalue weighted by Crippen LogP contribution is -2.53. The van der Waals surface area contributed by atoms with E-state index in [0.29, 0.717) is 0 Å². The predicted octanol–water partition coefficient (Wildman–Crippen LogP) is 4.60. The SMILES string of the molecule is CC(C)(C)OC(=O)C(C)(C(=O)O)C(C)(C)SC=Cc1ccccc1. The maximum Gasteiger partial charge on any atom is 0.325 e. The van der Waals surface area contributed by atoms with Crippen molar-refractivity contribution in [2.24, 2.45) is 5.41 Å². The van der Waals surface area contributed by atoms with Gasteiger partial charge in [0.25, 0.3) is 0 Å². The highest BCUT2D eigenvalue weighted by Crippen LogP contribution is 2.44. The second kappa shape index (κ2) is 7.43. The van der Waals surface area contributed by atoms with E-state index < -0.39 is 27.7 Å². The van der Waals surface area contributed by atoms with Crippen molar-refractivity contribution in [1.29, 1.82) is 0 Å². The zero-order chi connectivity index (χ0) is 18.6. The van der Waals surface area contributed by atoms with Crippen LogP contribution in [-0.4, -0.2) is 27.4 Å². The summed E-state index contributed by atoms with van der Waals surface area (Å²) in [5.41, 5.74) is -1.41. The monoisotopic (exact) mass is 350 g/mol. The second-order valence-electron chi connectivity index (χ2n) is 7.27. The van der Waals surface area contributed by atoms with Gasteiger partial charge in [-0.3, -0.25) is 9.59 Å². The zero-order valence-electron chi connectivity index (χ0n) is 15.1. The van der Waals surface area contributed by atoms with Crippen molar-refractivity contribution < 1.29 is 19.4 Å². The Morgan fingerprint density at radius 3 is 2.04 bits per heavy atom. The molecule has 0 saturated heterocycles. The largest absolute Gasteiger partial charge is 0.480 e. The maximum atomic E-state index is 12.6. The first kappa shape index (κ1) is 20.3. The van der Waals surface area contributed by atoms with Crippen LogP contribution in [0.15, 0.2) is 35.7 Å². The predicted molar refractivity (Wildman–Crippen MR) is 98.7 cm³/mol. The Hall–Kier alpha value is -1.75. The molecule has 0 saturated carbocycles. The fourth-order valence-corrected chi connectivity index (χ4v) is 2.91. The number of carbonyl (C=O) groups is 2. The summed E-state index contributed by atoms with van der Waals surface area (Å²) in [6.07, 6.45) is 1.89. The normalized spacial score (nSPS) is 15.1. The Balaban J connectivity index is 3.02. The third kappa shape index (κ3) is 4.87. The van der Waals surface area contributed by atoms with Gasteiger partial charge in [0.2, 0.25) is 0 Å². The van der Waals surface area contributed by atoms with Crippen LogP contribution in [0.3, 0.4) is 0 Å². The fraction of sp³-hybridized carbons (Fsp3) is 0.474. The van der Waals surface area contributed by atoms with Crippen LogP contribution >= 0.6 is 11.8 Å². The molecule has 1 rings (SSSR count). The number of hydrogen-bond donors (Lipinski definition) is 1. The molecule has 0 amide bonds. The topological polar surface area (TPSA) is 63.6 Å². The average Bonchev–Trinajstić information content (AvgIpc) is 2.45. The van der Waals surface area contributed by atoms with E-state index in [0.717, 1.165) is 5.56 Å². The molecule has 0 aliphatic heterocycles. The van der Waals surface area contributed by atoms with E-state index in [9.17, 15) is 14.7 Å². The van der Waals surface area contributed by atoms with Crippen LogP contribution in [0.1, 0.15) is 47.1 Å². The number of carboxylic acid groups (broad SMARTS) is 1. The molecule has 0 aliphatic carbocycles. The zero-order valence-corrected chi connectivity index (χ0v) is 15.9. The summed E-state index contributed by atoms with van der Waals surface area (Å²) in [5.74, 6) is -1.92. The van der Waals surface area contributed by atoms with E-state index in [-0.39, 0.29) is 0 Å². The fourth-order valence-electron chi connectivity index (χ4n) is 1.94. The summed E-state index contributed by atoms with van der Waals surface area (Å²) in [6, 6.07) is 9.69. The quantitative estimate of drug-likeness (QED) is 0.600. The molecule has 1 aromatic rings. The highest BCUT2D eigenvalue weighted by atomic mass is 32.2. The average molecular weight is 350 g/mol. The molecule has 1 N–H and O–H groups in total. The van der Waals surface area contributed by atoms with Gasteiger partial charge >= 0.3 is 11.9 Å². The number of thioether (sulfide) groups is 1. The summed E-state index contributed by atoms with van der Waals surface area (Å²) in [5, 5.41) is 11.5. The number of carboxylic acids is 1. The minimum Gasteiger partial charge on any atom is -0.480 e. The summed E-state index contributed by atoms with van der Waals surface area (Å²) in [6.45, 7) is 10.1. The molecule has 0 heterocycles. The molecule has 0 radical (unpaired) electrons. The van der Waals surface area contributed by atoms with Gasteiger partial charge < -0.3 is 9.84 Å². The maximum absolute atomic E-state index is 12.6. The molecule has 0 fully saturated rings. The Morgan fingerprint density at radius 1 is 1.04 bits per heavy atom. The summed E-state index contributed by atoms with van der Waals surface area (Å²) in [7, 11) is 0. The Bertz CT molecular complexity index is 614. The number of rotatable bonds is 6. The van der Waals surface area contributed by atoms with Gasteiger partial charge in [0, 0.05) is 4.75 Å². The van der Waals surface area contributed by atoms with Gasteiger partial charge in [-0.15, -0.1) is 11.8 Å². The highest BCUT2D eigenvalue weighted by molar-refractivity contribution is 8.03. The molecule has 4 nitrogen and oxygen atoms in total. The first-order valence-corrected chi connectivity index (χ1v) is 8.64. The van der Waals surface area contributed by atoms with Crippen molar-refractivity contribution in [1.82, 2.24) is 0 Å². The summed E-state index contributed by atoms with van der Waals surface area (Å²) < 4.78 is 4.46. The van der Waals surface area contributed by atoms with E-state index in [2.05, 4.69) is 0 Å². The number of hydrogen-bond acceptors (Lipinski definition) is 4. The molecule has 5 heteroatoms. The Labute approximate surface area is 148 Å². The molecule has 132 valence electrons. The van der Waals surface area contributed by atoms with Crippen LogP contribution in [-0.2, 0) is 14.3 Å². The lowest BCUT2D eigenvalue weighted by Gasteiger charge is -2.39. The highest BCUT2D eigenvalue weighted by Gasteiger charge is 2.56. The lowest BCUT2D eigenvalue weighted by molar-refractivity contribution is -0.177. The van der Waals surface area contributed by atoms with Crippen LogP contribution in [0.2, 0.25) is 0 Å². The molecule has 0 spiro atoms. The van der Waals surface area contributed by atoms with Gasteiger partial charge in [-0.2, -0.15) is 0 Å². The second-order valence-corrected chi connectivity index (χ2v) is 8.80. The van der Waals surface area contributed by atoms with Gasteiger partial charge in [0.1, 0.15) is 5.60 Å². The standard InChI is InChI=1S/C19H26O4S/c1-17(2,3)23-16(22)19(6,15(20)21)18(4,5)24-13-12-14-10-8-7-9-11-14/h7-13H,1-6H3,(H,20,21). The summed E-state index contributed by atoms with van der Waals surface area (Å²) >= 11 is 1.30. The molecule has 0 aliphatic rings. The number of carbonyl (C=O) groups excluding carboxylic acids is 1. The number of esters is 1. The first-order chi connectivity index (χ1) is 10.9. The van der Waals surface area contributed by atoms with Crippen LogP contribution in [0, 0.1) is 5.41 Å². The minimum absolute atomic E-state index is 0.729. The van der Waals surface area contributed by atoms with Gasteiger partial charge in [-0.25, -0.2) is 0 Å². The van der Waals surface area contributed by atoms with E-state index >= 15 is 0 Å². The van der Waals surface area contributed by atoms with E-state index in [1.54, 1.807) is 34.6 Å².